The third-order valence-corrected chi connectivity index (χ3v) is 2.31. The Hall–Kier alpha value is -1.09. The SMILES string of the molecule is Cl.N[C@H](c1cc(C(F)(F)F)ccc1C(F)(F)F)C(F)F. The molecule has 1 rings (SSSR count). The van der Waals surface area contributed by atoms with E-state index < -0.39 is 41.5 Å². The summed E-state index contributed by atoms with van der Waals surface area (Å²) in [4.78, 5) is 0. The van der Waals surface area contributed by atoms with Crippen molar-refractivity contribution in [2.75, 3.05) is 0 Å². The molecule has 20 heavy (non-hydrogen) atoms. The summed E-state index contributed by atoms with van der Waals surface area (Å²) in [5.74, 6) is 0. The predicted molar refractivity (Wildman–Crippen MR) is 56.6 cm³/mol. The maximum Gasteiger partial charge on any atom is 0.416 e. The van der Waals surface area contributed by atoms with Crippen LogP contribution in [0.25, 0.3) is 0 Å². The van der Waals surface area contributed by atoms with E-state index in [1.54, 1.807) is 0 Å². The highest BCUT2D eigenvalue weighted by Gasteiger charge is 2.39. The largest absolute Gasteiger partial charge is 0.416 e. The van der Waals surface area contributed by atoms with Gasteiger partial charge in [-0.2, -0.15) is 26.3 Å². The molecule has 0 aliphatic carbocycles. The predicted octanol–water partition coefficient (Wildman–Crippen LogP) is 4.41. The summed E-state index contributed by atoms with van der Waals surface area (Å²) in [7, 11) is 0. The average molecular weight is 330 g/mol. The fourth-order valence-corrected chi connectivity index (χ4v) is 1.41. The first-order valence-electron chi connectivity index (χ1n) is 4.76. The zero-order valence-electron chi connectivity index (χ0n) is 9.40. The van der Waals surface area contributed by atoms with Gasteiger partial charge in [0.05, 0.1) is 17.2 Å². The van der Waals surface area contributed by atoms with Gasteiger partial charge in [-0.25, -0.2) is 8.78 Å². The third-order valence-electron chi connectivity index (χ3n) is 2.31. The molecule has 1 nitrogen and oxygen atoms in total. The van der Waals surface area contributed by atoms with E-state index in [4.69, 9.17) is 5.73 Å². The highest BCUT2D eigenvalue weighted by Crippen LogP contribution is 2.39. The quantitative estimate of drug-likeness (QED) is 0.799. The van der Waals surface area contributed by atoms with Crippen LogP contribution in [-0.2, 0) is 12.4 Å². The molecule has 1 aromatic carbocycles. The van der Waals surface area contributed by atoms with Gasteiger partial charge in [-0.15, -0.1) is 12.4 Å². The van der Waals surface area contributed by atoms with Crippen molar-refractivity contribution in [3.63, 3.8) is 0 Å². The maximum atomic E-state index is 12.5. The Morgan fingerprint density at radius 1 is 0.900 bits per heavy atom. The molecule has 0 fully saturated rings. The smallest absolute Gasteiger partial charge is 0.319 e. The van der Waals surface area contributed by atoms with E-state index in [1.807, 2.05) is 0 Å². The van der Waals surface area contributed by atoms with Crippen molar-refractivity contribution in [1.82, 2.24) is 0 Å². The minimum absolute atomic E-state index is 0. The van der Waals surface area contributed by atoms with Crippen LogP contribution in [0.15, 0.2) is 18.2 Å². The lowest BCUT2D eigenvalue weighted by atomic mass is 9.97. The van der Waals surface area contributed by atoms with Crippen molar-refractivity contribution in [1.29, 1.82) is 0 Å². The second-order valence-electron chi connectivity index (χ2n) is 3.66. The molecule has 0 aliphatic rings. The minimum Gasteiger partial charge on any atom is -0.319 e. The van der Waals surface area contributed by atoms with Crippen LogP contribution in [-0.4, -0.2) is 6.43 Å². The van der Waals surface area contributed by atoms with Crippen molar-refractivity contribution in [2.45, 2.75) is 24.8 Å². The summed E-state index contributed by atoms with van der Waals surface area (Å²) in [6, 6.07) is -2.18. The van der Waals surface area contributed by atoms with Gasteiger partial charge in [0.25, 0.3) is 6.43 Å². The molecular formula is C10H8ClF8N. The number of hydrogen-bond acceptors (Lipinski definition) is 1. The topological polar surface area (TPSA) is 26.0 Å². The standard InChI is InChI=1S/C10H7F8N.ClH/c11-8(12)7(19)5-3-4(9(13,14)15)1-2-6(5)10(16,17)18;/h1-3,7-8H,19H2;1H/t7-;/m1./s1. The lowest BCUT2D eigenvalue weighted by Gasteiger charge is -2.19. The lowest BCUT2D eigenvalue weighted by molar-refractivity contribution is -0.142. The number of nitrogens with two attached hydrogens (primary N) is 1. The average Bonchev–Trinajstić information content (AvgIpc) is 2.24. The molecule has 0 saturated carbocycles. The van der Waals surface area contributed by atoms with Crippen molar-refractivity contribution < 1.29 is 35.1 Å². The molecule has 0 spiro atoms. The highest BCUT2D eigenvalue weighted by atomic mass is 35.5. The number of rotatable bonds is 2. The van der Waals surface area contributed by atoms with Crippen LogP contribution in [0.3, 0.4) is 0 Å². The van der Waals surface area contributed by atoms with Gasteiger partial charge in [0, 0.05) is 0 Å². The highest BCUT2D eigenvalue weighted by molar-refractivity contribution is 5.85. The molecular weight excluding hydrogens is 322 g/mol. The molecule has 0 amide bonds. The van der Waals surface area contributed by atoms with Gasteiger partial charge in [0.15, 0.2) is 0 Å². The first-order chi connectivity index (χ1) is 8.44. The van der Waals surface area contributed by atoms with Crippen LogP contribution in [0.1, 0.15) is 22.7 Å². The lowest BCUT2D eigenvalue weighted by Crippen LogP contribution is -2.24. The Balaban J connectivity index is 0.00000361. The van der Waals surface area contributed by atoms with Gasteiger partial charge in [-0.1, -0.05) is 0 Å². The fourth-order valence-electron chi connectivity index (χ4n) is 1.41. The Bertz CT molecular complexity index is 454. The van der Waals surface area contributed by atoms with E-state index in [2.05, 4.69) is 0 Å². The zero-order chi connectivity index (χ0) is 15.0. The van der Waals surface area contributed by atoms with Gasteiger partial charge in [0.2, 0.25) is 0 Å². The summed E-state index contributed by atoms with van der Waals surface area (Å²) in [5, 5.41) is 0. The Morgan fingerprint density at radius 3 is 1.75 bits per heavy atom. The molecule has 0 bridgehead atoms. The molecule has 0 radical (unpaired) electrons. The normalized spacial score (nSPS) is 14.1. The van der Waals surface area contributed by atoms with Crippen LogP contribution in [0.5, 0.6) is 0 Å². The van der Waals surface area contributed by atoms with E-state index in [0.29, 0.717) is 0 Å². The monoisotopic (exact) mass is 329 g/mol. The number of alkyl halides is 8. The fraction of sp³-hybridized carbons (Fsp3) is 0.400. The number of halogens is 9. The minimum atomic E-state index is -5.06. The van der Waals surface area contributed by atoms with Gasteiger partial charge in [-0.3, -0.25) is 0 Å². The molecule has 0 aromatic heterocycles. The van der Waals surface area contributed by atoms with Crippen molar-refractivity contribution in [3.05, 3.63) is 34.9 Å². The summed E-state index contributed by atoms with van der Waals surface area (Å²) in [6.07, 6.45) is -13.4. The van der Waals surface area contributed by atoms with Crippen LogP contribution in [0.4, 0.5) is 35.1 Å². The Labute approximate surface area is 114 Å². The number of benzene rings is 1. The summed E-state index contributed by atoms with van der Waals surface area (Å²) in [5.41, 5.74) is 0.480. The van der Waals surface area contributed by atoms with Crippen LogP contribution in [0.2, 0.25) is 0 Å². The van der Waals surface area contributed by atoms with Crippen LogP contribution >= 0.6 is 12.4 Å². The first-order valence-corrected chi connectivity index (χ1v) is 4.76. The van der Waals surface area contributed by atoms with Gasteiger partial charge in [0.1, 0.15) is 0 Å². The molecule has 0 saturated heterocycles. The van der Waals surface area contributed by atoms with Gasteiger partial charge in [-0.05, 0) is 23.8 Å². The third kappa shape index (κ3) is 4.20. The molecule has 0 heterocycles. The Morgan fingerprint density at radius 2 is 1.40 bits per heavy atom. The van der Waals surface area contributed by atoms with E-state index >= 15 is 0 Å². The second-order valence-corrected chi connectivity index (χ2v) is 3.66. The van der Waals surface area contributed by atoms with Crippen LogP contribution < -0.4 is 5.73 Å². The number of hydrogen-bond donors (Lipinski definition) is 1. The molecule has 10 heteroatoms. The molecule has 0 aliphatic heterocycles. The van der Waals surface area contributed by atoms with E-state index in [-0.39, 0.29) is 30.6 Å². The van der Waals surface area contributed by atoms with Crippen molar-refractivity contribution in [2.24, 2.45) is 5.73 Å². The van der Waals surface area contributed by atoms with E-state index in [9.17, 15) is 35.1 Å². The zero-order valence-corrected chi connectivity index (χ0v) is 10.2. The first kappa shape index (κ1) is 18.9. The summed E-state index contributed by atoms with van der Waals surface area (Å²) < 4.78 is 99.3. The second kappa shape index (κ2) is 6.13. The summed E-state index contributed by atoms with van der Waals surface area (Å²) >= 11 is 0. The van der Waals surface area contributed by atoms with Crippen LogP contribution in [0, 0.1) is 0 Å². The van der Waals surface area contributed by atoms with E-state index in [1.165, 1.54) is 0 Å². The molecule has 1 atom stereocenters. The molecule has 0 unspecified atom stereocenters. The van der Waals surface area contributed by atoms with Crippen molar-refractivity contribution in [3.8, 4) is 0 Å². The van der Waals surface area contributed by atoms with Gasteiger partial charge >= 0.3 is 12.4 Å². The molecule has 116 valence electrons. The van der Waals surface area contributed by atoms with Crippen molar-refractivity contribution >= 4 is 12.4 Å². The molecule has 2 N–H and O–H groups in total. The van der Waals surface area contributed by atoms with E-state index in [0.717, 1.165) is 0 Å². The molecule has 1 aromatic rings. The Kier molecular flexibility index (Phi) is 5.79. The van der Waals surface area contributed by atoms with Gasteiger partial charge < -0.3 is 5.73 Å². The summed E-state index contributed by atoms with van der Waals surface area (Å²) in [6.45, 7) is 0. The maximum absolute atomic E-state index is 12.5.